The minimum absolute atomic E-state index is 0.0115. The second-order valence-corrected chi connectivity index (χ2v) is 5.66. The topological polar surface area (TPSA) is 188 Å². The smallest absolute Gasteiger partial charge is 0.151 e. The molecule has 1 fully saturated rings. The molecule has 136 valence electrons. The van der Waals surface area contributed by atoms with Crippen molar-refractivity contribution in [3.05, 3.63) is 0 Å². The molecule has 1 aliphatic rings. The molecule has 10 heteroatoms. The molecule has 0 aliphatic heterocycles. The second-order valence-electron chi connectivity index (χ2n) is 5.66. The highest BCUT2D eigenvalue weighted by Crippen LogP contribution is 2.29. The zero-order valence-corrected chi connectivity index (χ0v) is 12.3. The van der Waals surface area contributed by atoms with Gasteiger partial charge in [0.1, 0.15) is 36.6 Å². The number of carbonyl (C=O) groups is 1. The van der Waals surface area contributed by atoms with E-state index in [0.29, 0.717) is 0 Å². The minimum Gasteiger partial charge on any atom is -0.396 e. The molecule has 1 aliphatic carbocycles. The number of hydrogen-bond acceptors (Lipinski definition) is 10. The van der Waals surface area contributed by atoms with Crippen molar-refractivity contribution in [1.29, 1.82) is 0 Å². The van der Waals surface area contributed by atoms with Crippen LogP contribution in [0.3, 0.4) is 0 Å². The van der Waals surface area contributed by atoms with E-state index in [1.807, 2.05) is 0 Å². The minimum atomic E-state index is -1.90. The van der Waals surface area contributed by atoms with E-state index in [1.165, 1.54) is 0 Å². The van der Waals surface area contributed by atoms with Crippen molar-refractivity contribution in [2.45, 2.75) is 55.3 Å². The fraction of sp³-hybridized carbons (Fsp3) is 0.923. The van der Waals surface area contributed by atoms with Crippen LogP contribution in [0, 0.1) is 5.92 Å². The molecule has 0 aromatic heterocycles. The van der Waals surface area contributed by atoms with Crippen LogP contribution in [0.5, 0.6) is 0 Å². The van der Waals surface area contributed by atoms with E-state index in [0.717, 1.165) is 0 Å². The standard InChI is InChI=1S/C13H24O10/c14-2-5-1-8(11(21)12(22)9(5)19)23-13(7(18)4-16)10(20)6(17)3-15/h3,5-14,16-22H,1-2,4H2/t5-,6+,7-,8+,9-,10-,11+,12+,13-/m1/s1. The van der Waals surface area contributed by atoms with E-state index < -0.39 is 68.0 Å². The van der Waals surface area contributed by atoms with Crippen LogP contribution in [-0.2, 0) is 9.53 Å². The Morgan fingerprint density at radius 2 is 1.65 bits per heavy atom. The van der Waals surface area contributed by atoms with Gasteiger partial charge in [0.25, 0.3) is 0 Å². The van der Waals surface area contributed by atoms with Crippen LogP contribution in [0.1, 0.15) is 6.42 Å². The number of carbonyl (C=O) groups excluding carboxylic acids is 1. The molecule has 0 aromatic rings. The quantitative estimate of drug-likeness (QED) is 0.199. The van der Waals surface area contributed by atoms with Gasteiger partial charge in [-0.3, -0.25) is 0 Å². The molecule has 9 atom stereocenters. The third-order valence-corrected chi connectivity index (χ3v) is 4.06. The van der Waals surface area contributed by atoms with Crippen LogP contribution in [0.25, 0.3) is 0 Å². The largest absolute Gasteiger partial charge is 0.396 e. The number of rotatable bonds is 8. The Labute approximate surface area is 132 Å². The van der Waals surface area contributed by atoms with Gasteiger partial charge < -0.3 is 50.4 Å². The van der Waals surface area contributed by atoms with Gasteiger partial charge >= 0.3 is 0 Å². The van der Waals surface area contributed by atoms with Gasteiger partial charge in [0, 0.05) is 12.5 Å². The summed E-state index contributed by atoms with van der Waals surface area (Å²) in [4.78, 5) is 10.5. The van der Waals surface area contributed by atoms with E-state index in [9.17, 15) is 40.5 Å². The first-order valence-electron chi connectivity index (χ1n) is 7.19. The van der Waals surface area contributed by atoms with Gasteiger partial charge in [-0.2, -0.15) is 0 Å². The SMILES string of the molecule is O=C[C@H](O)[C@@H](O)[C@H](O[C@H]1C[C@H](CO)[C@@H](O)[C@H](O)[C@H]1O)[C@H](O)CO. The highest BCUT2D eigenvalue weighted by Gasteiger charge is 2.45. The van der Waals surface area contributed by atoms with Crippen molar-refractivity contribution in [2.24, 2.45) is 5.92 Å². The molecule has 0 bridgehead atoms. The first-order chi connectivity index (χ1) is 10.8. The van der Waals surface area contributed by atoms with Gasteiger partial charge in [0.05, 0.1) is 18.8 Å². The first kappa shape index (κ1) is 20.4. The molecule has 0 heterocycles. The molecule has 0 aromatic carbocycles. The lowest BCUT2D eigenvalue weighted by Crippen LogP contribution is -2.58. The van der Waals surface area contributed by atoms with Gasteiger partial charge in [-0.1, -0.05) is 0 Å². The summed E-state index contributed by atoms with van der Waals surface area (Å²) in [7, 11) is 0. The number of aliphatic hydroxyl groups excluding tert-OH is 8. The summed E-state index contributed by atoms with van der Waals surface area (Å²) in [6, 6.07) is 0. The molecule has 0 unspecified atom stereocenters. The normalized spacial score (nSPS) is 37.0. The Hall–Kier alpha value is -0.690. The maximum Gasteiger partial charge on any atom is 0.151 e. The number of aldehydes is 1. The molecule has 8 N–H and O–H groups in total. The van der Waals surface area contributed by atoms with Crippen LogP contribution in [0.4, 0.5) is 0 Å². The summed E-state index contributed by atoms with van der Waals surface area (Å²) < 4.78 is 5.28. The predicted molar refractivity (Wildman–Crippen MR) is 73.0 cm³/mol. The Balaban J connectivity index is 2.91. The third kappa shape index (κ3) is 4.66. The van der Waals surface area contributed by atoms with Crippen molar-refractivity contribution in [2.75, 3.05) is 13.2 Å². The van der Waals surface area contributed by atoms with Crippen molar-refractivity contribution >= 4 is 6.29 Å². The fourth-order valence-corrected chi connectivity index (χ4v) is 2.58. The summed E-state index contributed by atoms with van der Waals surface area (Å²) in [5.74, 6) is -0.821. The maximum atomic E-state index is 10.5. The molecule has 0 radical (unpaired) electrons. The van der Waals surface area contributed by atoms with Crippen molar-refractivity contribution in [1.82, 2.24) is 0 Å². The average molecular weight is 340 g/mol. The molecular weight excluding hydrogens is 316 g/mol. The van der Waals surface area contributed by atoms with E-state index in [2.05, 4.69) is 0 Å². The van der Waals surface area contributed by atoms with Crippen LogP contribution in [0.15, 0.2) is 0 Å². The van der Waals surface area contributed by atoms with Crippen molar-refractivity contribution in [3.8, 4) is 0 Å². The number of ether oxygens (including phenoxy) is 1. The van der Waals surface area contributed by atoms with Crippen LogP contribution in [-0.4, -0.2) is 109 Å². The molecule has 1 rings (SSSR count). The van der Waals surface area contributed by atoms with Crippen molar-refractivity contribution in [3.63, 3.8) is 0 Å². The fourth-order valence-electron chi connectivity index (χ4n) is 2.58. The van der Waals surface area contributed by atoms with Crippen LogP contribution in [0.2, 0.25) is 0 Å². The average Bonchev–Trinajstić information content (AvgIpc) is 2.57. The van der Waals surface area contributed by atoms with Crippen LogP contribution >= 0.6 is 0 Å². The van der Waals surface area contributed by atoms with Gasteiger partial charge in [-0.05, 0) is 6.42 Å². The Kier molecular flexibility index (Phi) is 7.94. The summed E-state index contributed by atoms with van der Waals surface area (Å²) in [6.07, 6.45) is -13.0. The Bertz CT molecular complexity index is 365. The predicted octanol–water partition coefficient (Wildman–Crippen LogP) is -4.89. The highest BCUT2D eigenvalue weighted by molar-refractivity contribution is 5.56. The summed E-state index contributed by atoms with van der Waals surface area (Å²) in [5.41, 5.74) is 0. The van der Waals surface area contributed by atoms with E-state index in [4.69, 9.17) is 9.84 Å². The zero-order chi connectivity index (χ0) is 17.7. The molecule has 0 spiro atoms. The first-order valence-corrected chi connectivity index (χ1v) is 7.19. The maximum absolute atomic E-state index is 10.5. The second kappa shape index (κ2) is 8.97. The molecule has 23 heavy (non-hydrogen) atoms. The number of aliphatic hydroxyl groups is 8. The summed E-state index contributed by atoms with van der Waals surface area (Å²) in [6.45, 7) is -1.36. The van der Waals surface area contributed by atoms with Crippen molar-refractivity contribution < 1.29 is 50.4 Å². The monoisotopic (exact) mass is 340 g/mol. The van der Waals surface area contributed by atoms with Gasteiger partial charge in [-0.25, -0.2) is 0 Å². The molecular formula is C13H24O10. The molecule has 0 saturated heterocycles. The highest BCUT2D eigenvalue weighted by atomic mass is 16.5. The summed E-state index contributed by atoms with van der Waals surface area (Å²) in [5, 5.41) is 76.4. The van der Waals surface area contributed by atoms with Gasteiger partial charge in [0.15, 0.2) is 6.29 Å². The number of hydrogen-bond donors (Lipinski definition) is 8. The molecule has 0 amide bonds. The van der Waals surface area contributed by atoms with E-state index >= 15 is 0 Å². The summed E-state index contributed by atoms with van der Waals surface area (Å²) >= 11 is 0. The lowest BCUT2D eigenvalue weighted by molar-refractivity contribution is -0.223. The Morgan fingerprint density at radius 3 is 2.13 bits per heavy atom. The lowest BCUT2D eigenvalue weighted by Gasteiger charge is -2.42. The van der Waals surface area contributed by atoms with E-state index in [1.54, 1.807) is 0 Å². The van der Waals surface area contributed by atoms with Gasteiger partial charge in [0.2, 0.25) is 0 Å². The van der Waals surface area contributed by atoms with E-state index in [-0.39, 0.29) is 12.7 Å². The van der Waals surface area contributed by atoms with Crippen LogP contribution < -0.4 is 0 Å². The lowest BCUT2D eigenvalue weighted by atomic mass is 9.81. The zero-order valence-electron chi connectivity index (χ0n) is 12.3. The molecule has 10 nitrogen and oxygen atoms in total. The molecule has 1 saturated carbocycles. The Morgan fingerprint density at radius 1 is 1.04 bits per heavy atom. The third-order valence-electron chi connectivity index (χ3n) is 4.06. The van der Waals surface area contributed by atoms with Gasteiger partial charge in [-0.15, -0.1) is 0 Å².